The Morgan fingerprint density at radius 2 is 2.12 bits per heavy atom. The van der Waals surface area contributed by atoms with Crippen LogP contribution in [0.3, 0.4) is 0 Å². The largest absolute Gasteiger partial charge is 0.501 e. The average molecular weight is 248 g/mol. The van der Waals surface area contributed by atoms with Gasteiger partial charge in [0.05, 0.1) is 12.9 Å². The van der Waals surface area contributed by atoms with Gasteiger partial charge in [0.25, 0.3) is 0 Å². The van der Waals surface area contributed by atoms with E-state index in [2.05, 4.69) is 43.3 Å². The van der Waals surface area contributed by atoms with E-state index < -0.39 is 0 Å². The van der Waals surface area contributed by atoms with Gasteiger partial charge in [-0.2, -0.15) is 0 Å². The van der Waals surface area contributed by atoms with Gasteiger partial charge < -0.3 is 4.74 Å². The van der Waals surface area contributed by atoms with E-state index in [1.165, 1.54) is 24.2 Å². The van der Waals surface area contributed by atoms with Gasteiger partial charge in [-0.1, -0.05) is 38.0 Å². The molecular weight excluding hydrogens is 228 g/mol. The minimum atomic E-state index is 0.246. The van der Waals surface area contributed by atoms with Crippen LogP contribution in [-0.4, -0.2) is 11.4 Å². The maximum absolute atomic E-state index is 5.35. The van der Waals surface area contributed by atoms with E-state index >= 15 is 0 Å². The van der Waals surface area contributed by atoms with Crippen molar-refractivity contribution in [2.75, 3.05) is 6.61 Å². The Morgan fingerprint density at radius 3 is 2.76 bits per heavy atom. The second-order valence-electron chi connectivity index (χ2n) is 4.51. The zero-order chi connectivity index (χ0) is 12.0. The highest BCUT2D eigenvalue weighted by Crippen LogP contribution is 2.42. The predicted octanol–water partition coefficient (Wildman–Crippen LogP) is 4.64. The molecule has 1 nitrogen and oxygen atoms in total. The van der Waals surface area contributed by atoms with Crippen molar-refractivity contribution >= 4 is 11.8 Å². The van der Waals surface area contributed by atoms with Crippen molar-refractivity contribution in [2.24, 2.45) is 0 Å². The Kier molecular flexibility index (Phi) is 4.55. The zero-order valence-corrected chi connectivity index (χ0v) is 11.2. The van der Waals surface area contributed by atoms with Crippen LogP contribution in [0.2, 0.25) is 0 Å². The summed E-state index contributed by atoms with van der Waals surface area (Å²) in [6.07, 6.45) is 9.03. The van der Waals surface area contributed by atoms with Crippen LogP contribution in [0.4, 0.5) is 0 Å². The van der Waals surface area contributed by atoms with Crippen LogP contribution in [0.15, 0.2) is 47.6 Å². The van der Waals surface area contributed by atoms with Crippen LogP contribution in [0.25, 0.3) is 0 Å². The van der Waals surface area contributed by atoms with Gasteiger partial charge in [-0.05, 0) is 24.6 Å². The number of unbranched alkanes of at least 4 members (excludes halogenated alkanes) is 1. The summed E-state index contributed by atoms with van der Waals surface area (Å²) in [6, 6.07) is 10.7. The van der Waals surface area contributed by atoms with E-state index in [4.69, 9.17) is 4.74 Å². The molecule has 0 fully saturated rings. The Balaban J connectivity index is 2.10. The molecule has 1 heterocycles. The van der Waals surface area contributed by atoms with E-state index in [1.54, 1.807) is 0 Å². The lowest BCUT2D eigenvalue weighted by molar-refractivity contribution is 0.213. The molecule has 0 amide bonds. The quantitative estimate of drug-likeness (QED) is 0.750. The monoisotopic (exact) mass is 248 g/mol. The Morgan fingerprint density at radius 1 is 1.29 bits per heavy atom. The molecule has 1 aliphatic heterocycles. The number of benzene rings is 1. The SMILES string of the molecule is CCCCC1(Sc2ccccc2)C=COCC1. The number of hydrogen-bond donors (Lipinski definition) is 0. The normalized spacial score (nSPS) is 23.4. The molecule has 0 saturated heterocycles. The fourth-order valence-corrected chi connectivity index (χ4v) is 3.42. The molecule has 0 spiro atoms. The molecular formula is C15H20OS. The maximum atomic E-state index is 5.35. The van der Waals surface area contributed by atoms with Crippen LogP contribution in [-0.2, 0) is 4.74 Å². The lowest BCUT2D eigenvalue weighted by Gasteiger charge is -2.32. The van der Waals surface area contributed by atoms with Gasteiger partial charge in [0, 0.05) is 16.1 Å². The first kappa shape index (κ1) is 12.6. The molecule has 0 aliphatic carbocycles. The molecule has 92 valence electrons. The number of rotatable bonds is 5. The van der Waals surface area contributed by atoms with Crippen molar-refractivity contribution in [1.82, 2.24) is 0 Å². The molecule has 0 saturated carbocycles. The van der Waals surface area contributed by atoms with Gasteiger partial charge in [0.2, 0.25) is 0 Å². The van der Waals surface area contributed by atoms with Crippen molar-refractivity contribution in [2.45, 2.75) is 42.2 Å². The zero-order valence-electron chi connectivity index (χ0n) is 10.4. The van der Waals surface area contributed by atoms with Crippen molar-refractivity contribution in [3.8, 4) is 0 Å². The van der Waals surface area contributed by atoms with Crippen molar-refractivity contribution < 1.29 is 4.74 Å². The van der Waals surface area contributed by atoms with Crippen molar-refractivity contribution in [1.29, 1.82) is 0 Å². The first-order valence-electron chi connectivity index (χ1n) is 6.38. The van der Waals surface area contributed by atoms with E-state index in [9.17, 15) is 0 Å². The smallest absolute Gasteiger partial charge is 0.0889 e. The Labute approximate surface area is 108 Å². The number of thioether (sulfide) groups is 1. The van der Waals surface area contributed by atoms with E-state index in [1.807, 2.05) is 18.0 Å². The van der Waals surface area contributed by atoms with Crippen molar-refractivity contribution in [3.05, 3.63) is 42.7 Å². The first-order valence-corrected chi connectivity index (χ1v) is 7.20. The van der Waals surface area contributed by atoms with Crippen LogP contribution >= 0.6 is 11.8 Å². The first-order chi connectivity index (χ1) is 8.35. The highest BCUT2D eigenvalue weighted by molar-refractivity contribution is 8.00. The summed E-state index contributed by atoms with van der Waals surface area (Å²) in [6.45, 7) is 3.10. The lowest BCUT2D eigenvalue weighted by atomic mass is 9.97. The Bertz CT molecular complexity index is 360. The topological polar surface area (TPSA) is 9.23 Å². The third-order valence-corrected chi connectivity index (χ3v) is 4.59. The third kappa shape index (κ3) is 3.53. The number of ether oxygens (including phenoxy) is 1. The second-order valence-corrected chi connectivity index (χ2v) is 6.00. The van der Waals surface area contributed by atoms with Crippen LogP contribution in [0.5, 0.6) is 0 Å². The molecule has 0 bridgehead atoms. The fraction of sp³-hybridized carbons (Fsp3) is 0.467. The van der Waals surface area contributed by atoms with E-state index in [-0.39, 0.29) is 4.75 Å². The molecule has 17 heavy (non-hydrogen) atoms. The van der Waals surface area contributed by atoms with Gasteiger partial charge in [0.1, 0.15) is 0 Å². The van der Waals surface area contributed by atoms with Crippen LogP contribution in [0, 0.1) is 0 Å². The number of hydrogen-bond acceptors (Lipinski definition) is 2. The average Bonchev–Trinajstić information content (AvgIpc) is 2.39. The van der Waals surface area contributed by atoms with Gasteiger partial charge in [-0.25, -0.2) is 0 Å². The van der Waals surface area contributed by atoms with Crippen molar-refractivity contribution in [3.63, 3.8) is 0 Å². The molecule has 1 aromatic carbocycles. The predicted molar refractivity (Wildman–Crippen MR) is 74.3 cm³/mol. The van der Waals surface area contributed by atoms with E-state index in [0.717, 1.165) is 13.0 Å². The fourth-order valence-electron chi connectivity index (χ4n) is 2.10. The summed E-state index contributed by atoms with van der Waals surface area (Å²) >= 11 is 1.99. The molecule has 2 heteroatoms. The summed E-state index contributed by atoms with van der Waals surface area (Å²) in [7, 11) is 0. The highest BCUT2D eigenvalue weighted by Gasteiger charge is 2.30. The molecule has 2 rings (SSSR count). The van der Waals surface area contributed by atoms with Gasteiger partial charge >= 0.3 is 0 Å². The maximum Gasteiger partial charge on any atom is 0.0889 e. The Hall–Kier alpha value is -0.890. The summed E-state index contributed by atoms with van der Waals surface area (Å²) in [5, 5.41) is 0. The highest BCUT2D eigenvalue weighted by atomic mass is 32.2. The van der Waals surface area contributed by atoms with Gasteiger partial charge in [0.15, 0.2) is 0 Å². The minimum Gasteiger partial charge on any atom is -0.501 e. The van der Waals surface area contributed by atoms with Gasteiger partial charge in [-0.3, -0.25) is 0 Å². The summed E-state index contributed by atoms with van der Waals surface area (Å²) in [5.74, 6) is 0. The summed E-state index contributed by atoms with van der Waals surface area (Å²) in [4.78, 5) is 1.36. The standard InChI is InChI=1S/C15H20OS/c1-2-3-9-15(10-12-16-13-11-15)17-14-7-5-4-6-8-14/h4-8,10,12H,2-3,9,11,13H2,1H3. The summed E-state index contributed by atoms with van der Waals surface area (Å²) in [5.41, 5.74) is 0. The van der Waals surface area contributed by atoms with E-state index in [0.29, 0.717) is 0 Å². The third-order valence-electron chi connectivity index (χ3n) is 3.13. The van der Waals surface area contributed by atoms with Crippen LogP contribution < -0.4 is 0 Å². The van der Waals surface area contributed by atoms with Gasteiger partial charge in [-0.15, -0.1) is 11.8 Å². The second kappa shape index (κ2) is 6.15. The lowest BCUT2D eigenvalue weighted by Crippen LogP contribution is -2.26. The molecule has 1 aromatic rings. The molecule has 0 radical (unpaired) electrons. The summed E-state index contributed by atoms with van der Waals surface area (Å²) < 4.78 is 5.59. The molecule has 0 N–H and O–H groups in total. The molecule has 0 aromatic heterocycles. The minimum absolute atomic E-state index is 0.246. The molecule has 1 unspecified atom stereocenters. The molecule has 1 atom stereocenters. The molecule has 1 aliphatic rings. The van der Waals surface area contributed by atoms with Crippen LogP contribution in [0.1, 0.15) is 32.6 Å².